The highest BCUT2D eigenvalue weighted by atomic mass is 16.1. The van der Waals surface area contributed by atoms with Crippen LogP contribution in [0, 0.1) is 0 Å². The zero-order chi connectivity index (χ0) is 9.97. The second-order valence-corrected chi connectivity index (χ2v) is 3.23. The van der Waals surface area contributed by atoms with Gasteiger partial charge in [0.1, 0.15) is 11.8 Å². The van der Waals surface area contributed by atoms with Gasteiger partial charge in [0.15, 0.2) is 0 Å². The Kier molecular flexibility index (Phi) is 2.53. The Morgan fingerprint density at radius 2 is 2.29 bits per heavy atom. The molecular weight excluding hydrogens is 180 g/mol. The van der Waals surface area contributed by atoms with Crippen molar-refractivity contribution in [3.05, 3.63) is 30.1 Å². The topological polar surface area (TPSA) is 66.1 Å². The van der Waals surface area contributed by atoms with E-state index in [9.17, 15) is 4.79 Å². The number of hydrogen-bond donors (Lipinski definition) is 3. The van der Waals surface area contributed by atoms with Crippen molar-refractivity contribution in [3.8, 4) is 0 Å². The quantitative estimate of drug-likeness (QED) is 0.600. The number of nitrogens with zero attached hydrogens (tertiary/aromatic N) is 1. The van der Waals surface area contributed by atoms with Crippen LogP contribution < -0.4 is 16.4 Å². The predicted molar refractivity (Wildman–Crippen MR) is 50.9 cm³/mol. The van der Waals surface area contributed by atoms with Crippen molar-refractivity contribution in [2.45, 2.75) is 19.0 Å². The van der Waals surface area contributed by atoms with Gasteiger partial charge in [-0.1, -0.05) is 6.07 Å². The van der Waals surface area contributed by atoms with Gasteiger partial charge in [-0.05, 0) is 19.1 Å². The molecule has 0 amide bonds. The first kappa shape index (κ1) is 9.26. The first-order valence-electron chi connectivity index (χ1n) is 4.46. The van der Waals surface area contributed by atoms with E-state index in [1.807, 2.05) is 18.2 Å². The molecule has 1 fully saturated rings. The lowest BCUT2D eigenvalue weighted by atomic mass is 10.0. The predicted octanol–water partition coefficient (Wildman–Crippen LogP) is -0.307. The molecule has 1 aliphatic rings. The summed E-state index contributed by atoms with van der Waals surface area (Å²) < 4.78 is 0. The van der Waals surface area contributed by atoms with Crippen molar-refractivity contribution >= 4 is 5.78 Å². The van der Waals surface area contributed by atoms with E-state index in [2.05, 4.69) is 21.4 Å². The molecule has 0 aromatic carbocycles. The van der Waals surface area contributed by atoms with Crippen LogP contribution in [0.2, 0.25) is 0 Å². The Morgan fingerprint density at radius 1 is 1.43 bits per heavy atom. The molecule has 1 aliphatic heterocycles. The number of hydrogen-bond acceptors (Lipinski definition) is 5. The first-order valence-corrected chi connectivity index (χ1v) is 4.46. The molecule has 0 radical (unpaired) electrons. The molecule has 2 rings (SSSR count). The zero-order valence-electron chi connectivity index (χ0n) is 7.82. The molecule has 5 heteroatoms. The highest BCUT2D eigenvalue weighted by molar-refractivity contribution is 5.82. The van der Waals surface area contributed by atoms with E-state index < -0.39 is 0 Å². The van der Waals surface area contributed by atoms with Crippen LogP contribution in [-0.4, -0.2) is 16.8 Å². The van der Waals surface area contributed by atoms with Crippen LogP contribution in [0.15, 0.2) is 24.4 Å². The van der Waals surface area contributed by atoms with Gasteiger partial charge in [0.25, 0.3) is 0 Å². The van der Waals surface area contributed by atoms with E-state index in [0.717, 1.165) is 5.69 Å². The normalized spacial score (nSPS) is 26.4. The van der Waals surface area contributed by atoms with E-state index in [4.69, 9.17) is 0 Å². The smallest absolute Gasteiger partial charge is 0.150 e. The van der Waals surface area contributed by atoms with Crippen molar-refractivity contribution in [1.29, 1.82) is 0 Å². The van der Waals surface area contributed by atoms with E-state index in [1.54, 1.807) is 13.1 Å². The van der Waals surface area contributed by atoms with Gasteiger partial charge in [0.2, 0.25) is 0 Å². The van der Waals surface area contributed by atoms with Crippen LogP contribution in [0.25, 0.3) is 0 Å². The number of nitrogens with one attached hydrogen (secondary N) is 3. The number of carbonyl (C=O) groups is 1. The minimum absolute atomic E-state index is 0.0816. The molecule has 0 saturated carbocycles. The zero-order valence-corrected chi connectivity index (χ0v) is 7.82. The maximum atomic E-state index is 11.3. The SMILES string of the molecule is CC(=O)C1NNNC1c1ccccn1. The van der Waals surface area contributed by atoms with Crippen LogP contribution in [0.5, 0.6) is 0 Å². The fourth-order valence-corrected chi connectivity index (χ4v) is 1.50. The molecule has 1 aromatic heterocycles. The number of ketones is 1. The molecule has 1 aromatic rings. The Labute approximate surface area is 81.9 Å². The number of carbonyl (C=O) groups excluding carboxylic acids is 1. The summed E-state index contributed by atoms with van der Waals surface area (Å²) in [6, 6.07) is 5.28. The molecule has 0 aliphatic carbocycles. The summed E-state index contributed by atoms with van der Waals surface area (Å²) in [6.07, 6.45) is 1.71. The summed E-state index contributed by atoms with van der Waals surface area (Å²) in [5, 5.41) is 0. The van der Waals surface area contributed by atoms with Crippen LogP contribution in [0.1, 0.15) is 18.7 Å². The average Bonchev–Trinajstić information content (AvgIpc) is 2.67. The van der Waals surface area contributed by atoms with Crippen molar-refractivity contribution in [1.82, 2.24) is 21.4 Å². The van der Waals surface area contributed by atoms with Crippen LogP contribution >= 0.6 is 0 Å². The minimum Gasteiger partial charge on any atom is -0.298 e. The summed E-state index contributed by atoms with van der Waals surface area (Å²) in [5.74, 6) is 0.0816. The molecule has 0 spiro atoms. The van der Waals surface area contributed by atoms with Gasteiger partial charge in [-0.3, -0.25) is 9.78 Å². The third kappa shape index (κ3) is 1.65. The lowest BCUT2D eigenvalue weighted by Crippen LogP contribution is -2.37. The van der Waals surface area contributed by atoms with Crippen LogP contribution in [-0.2, 0) is 4.79 Å². The summed E-state index contributed by atoms with van der Waals surface area (Å²) in [6.45, 7) is 1.56. The summed E-state index contributed by atoms with van der Waals surface area (Å²) >= 11 is 0. The maximum absolute atomic E-state index is 11.3. The number of hydrazine groups is 2. The molecule has 3 N–H and O–H groups in total. The highest BCUT2D eigenvalue weighted by Gasteiger charge is 2.31. The number of rotatable bonds is 2. The number of Topliss-reactive ketones (excluding diaryl/α,β-unsaturated/α-hetero) is 1. The fourth-order valence-electron chi connectivity index (χ4n) is 1.50. The number of aromatic nitrogens is 1. The van der Waals surface area contributed by atoms with Gasteiger partial charge in [-0.25, -0.2) is 10.9 Å². The van der Waals surface area contributed by atoms with Crippen molar-refractivity contribution in [3.63, 3.8) is 0 Å². The van der Waals surface area contributed by atoms with Crippen LogP contribution in [0.4, 0.5) is 0 Å². The molecule has 5 nitrogen and oxygen atoms in total. The maximum Gasteiger partial charge on any atom is 0.150 e. The van der Waals surface area contributed by atoms with Gasteiger partial charge in [0.05, 0.1) is 11.7 Å². The monoisotopic (exact) mass is 192 g/mol. The van der Waals surface area contributed by atoms with Crippen molar-refractivity contribution in [2.75, 3.05) is 0 Å². The Bertz CT molecular complexity index is 327. The third-order valence-electron chi connectivity index (χ3n) is 2.23. The summed E-state index contributed by atoms with van der Waals surface area (Å²) in [4.78, 5) is 15.5. The molecule has 2 heterocycles. The Hall–Kier alpha value is -1.30. The Balaban J connectivity index is 2.22. The van der Waals surface area contributed by atoms with E-state index in [1.165, 1.54) is 0 Å². The van der Waals surface area contributed by atoms with E-state index in [-0.39, 0.29) is 17.9 Å². The van der Waals surface area contributed by atoms with Gasteiger partial charge in [-0.15, -0.1) is 0 Å². The molecule has 14 heavy (non-hydrogen) atoms. The van der Waals surface area contributed by atoms with Gasteiger partial charge < -0.3 is 0 Å². The van der Waals surface area contributed by atoms with E-state index >= 15 is 0 Å². The fraction of sp³-hybridized carbons (Fsp3) is 0.333. The molecular formula is C9H12N4O. The summed E-state index contributed by atoms with van der Waals surface area (Å²) in [5.41, 5.74) is 9.41. The van der Waals surface area contributed by atoms with Crippen molar-refractivity contribution < 1.29 is 4.79 Å². The average molecular weight is 192 g/mol. The molecule has 0 bridgehead atoms. The van der Waals surface area contributed by atoms with Gasteiger partial charge in [-0.2, -0.15) is 5.53 Å². The van der Waals surface area contributed by atoms with Crippen LogP contribution in [0.3, 0.4) is 0 Å². The molecule has 2 atom stereocenters. The standard InChI is InChI=1S/C9H12N4O/c1-6(14)8-9(12-13-11-8)7-4-2-3-5-10-7/h2-5,8-9,11-13H,1H3. The largest absolute Gasteiger partial charge is 0.298 e. The second kappa shape index (κ2) is 3.83. The highest BCUT2D eigenvalue weighted by Crippen LogP contribution is 2.16. The molecule has 1 saturated heterocycles. The molecule has 74 valence electrons. The van der Waals surface area contributed by atoms with Gasteiger partial charge >= 0.3 is 0 Å². The lowest BCUT2D eigenvalue weighted by molar-refractivity contribution is -0.119. The second-order valence-electron chi connectivity index (χ2n) is 3.23. The van der Waals surface area contributed by atoms with E-state index in [0.29, 0.717) is 0 Å². The van der Waals surface area contributed by atoms with Crippen molar-refractivity contribution in [2.24, 2.45) is 0 Å². The minimum atomic E-state index is -0.259. The lowest BCUT2D eigenvalue weighted by Gasteiger charge is -2.13. The summed E-state index contributed by atoms with van der Waals surface area (Å²) in [7, 11) is 0. The third-order valence-corrected chi connectivity index (χ3v) is 2.23. The Morgan fingerprint density at radius 3 is 2.93 bits per heavy atom. The molecule has 2 unspecified atom stereocenters. The first-order chi connectivity index (χ1) is 6.79. The number of pyridine rings is 1. The van der Waals surface area contributed by atoms with Gasteiger partial charge in [0, 0.05) is 6.20 Å².